The lowest BCUT2D eigenvalue weighted by molar-refractivity contribution is 1.07. The minimum absolute atomic E-state index is 0.656. The molecule has 3 heterocycles. The van der Waals surface area contributed by atoms with Gasteiger partial charge in [0.15, 0.2) is 17.5 Å². The van der Waals surface area contributed by atoms with Crippen molar-refractivity contribution in [3.05, 3.63) is 164 Å². The van der Waals surface area contributed by atoms with Gasteiger partial charge in [-0.05, 0) is 34.9 Å². The Kier molecular flexibility index (Phi) is 6.86. The van der Waals surface area contributed by atoms with Crippen LogP contribution in [0.2, 0.25) is 0 Å². The van der Waals surface area contributed by atoms with Crippen LogP contribution in [0.4, 0.5) is 0 Å². The van der Waals surface area contributed by atoms with E-state index < -0.39 is 0 Å². The van der Waals surface area contributed by atoms with Crippen molar-refractivity contribution < 1.29 is 0 Å². The molecular weight excluding hydrogens is 647 g/mol. The van der Waals surface area contributed by atoms with Gasteiger partial charge in [0, 0.05) is 62.6 Å². The van der Waals surface area contributed by atoms with Crippen LogP contribution in [0.1, 0.15) is 0 Å². The first kappa shape index (κ1) is 29.0. The standard InChI is InChI=1S/C45H27N3S2/c1-3-11-28(12-4-1)29-21-23-31(24-22-29)44-46-43(30-13-5-2-6-14-30)47-45(48-44)32-25-26-37-40(27-32)49-39-20-10-16-34(41(37)39)36-18-9-17-35-33-15-7-8-19-38(33)50-42(35)36/h1-27H. The van der Waals surface area contributed by atoms with Crippen LogP contribution in [-0.2, 0) is 0 Å². The van der Waals surface area contributed by atoms with Gasteiger partial charge in [-0.3, -0.25) is 0 Å². The van der Waals surface area contributed by atoms with Gasteiger partial charge < -0.3 is 0 Å². The van der Waals surface area contributed by atoms with Crippen molar-refractivity contribution in [2.24, 2.45) is 0 Å². The Morgan fingerprint density at radius 1 is 0.320 bits per heavy atom. The molecule has 0 amide bonds. The molecule has 0 spiro atoms. The summed E-state index contributed by atoms with van der Waals surface area (Å²) in [7, 11) is 0. The van der Waals surface area contributed by atoms with Crippen molar-refractivity contribution >= 4 is 63.0 Å². The molecule has 3 aromatic heterocycles. The first-order valence-corrected chi connectivity index (χ1v) is 18.2. The summed E-state index contributed by atoms with van der Waals surface area (Å²) in [6.07, 6.45) is 0. The molecule has 0 aliphatic rings. The van der Waals surface area contributed by atoms with E-state index in [4.69, 9.17) is 15.0 Å². The number of nitrogens with zero attached hydrogens (tertiary/aromatic N) is 3. The molecule has 50 heavy (non-hydrogen) atoms. The molecule has 0 saturated heterocycles. The molecule has 3 nitrogen and oxygen atoms in total. The van der Waals surface area contributed by atoms with Crippen molar-refractivity contribution in [2.45, 2.75) is 0 Å². The molecule has 0 unspecified atom stereocenters. The van der Waals surface area contributed by atoms with Gasteiger partial charge in [0.25, 0.3) is 0 Å². The van der Waals surface area contributed by atoms with Crippen molar-refractivity contribution in [3.63, 3.8) is 0 Å². The maximum atomic E-state index is 5.07. The van der Waals surface area contributed by atoms with Crippen LogP contribution in [0.15, 0.2) is 164 Å². The first-order valence-electron chi connectivity index (χ1n) is 16.6. The second-order valence-corrected chi connectivity index (χ2v) is 14.5. The van der Waals surface area contributed by atoms with Crippen LogP contribution < -0.4 is 0 Å². The van der Waals surface area contributed by atoms with Crippen LogP contribution in [0, 0.1) is 0 Å². The molecule has 0 aliphatic heterocycles. The normalized spacial score (nSPS) is 11.6. The fourth-order valence-electron chi connectivity index (χ4n) is 6.94. The molecule has 10 aromatic rings. The third-order valence-corrected chi connectivity index (χ3v) is 11.7. The predicted molar refractivity (Wildman–Crippen MR) is 213 cm³/mol. The van der Waals surface area contributed by atoms with Crippen LogP contribution in [0.3, 0.4) is 0 Å². The number of hydrogen-bond donors (Lipinski definition) is 0. The Morgan fingerprint density at radius 2 is 0.860 bits per heavy atom. The van der Waals surface area contributed by atoms with Gasteiger partial charge in [0.2, 0.25) is 0 Å². The maximum absolute atomic E-state index is 5.07. The highest BCUT2D eigenvalue weighted by atomic mass is 32.1. The van der Waals surface area contributed by atoms with Gasteiger partial charge in [-0.25, -0.2) is 15.0 Å². The molecule has 7 aromatic carbocycles. The number of rotatable bonds is 5. The first-order chi connectivity index (χ1) is 24.8. The molecule has 10 rings (SSSR count). The largest absolute Gasteiger partial charge is 0.208 e. The summed E-state index contributed by atoms with van der Waals surface area (Å²) in [5.74, 6) is 1.98. The lowest BCUT2D eigenvalue weighted by Crippen LogP contribution is -2.00. The van der Waals surface area contributed by atoms with E-state index >= 15 is 0 Å². The molecule has 0 radical (unpaired) electrons. The smallest absolute Gasteiger partial charge is 0.164 e. The molecule has 0 atom stereocenters. The third kappa shape index (κ3) is 4.90. The highest BCUT2D eigenvalue weighted by Gasteiger charge is 2.18. The second-order valence-electron chi connectivity index (χ2n) is 12.4. The quantitative estimate of drug-likeness (QED) is 0.182. The van der Waals surface area contributed by atoms with Crippen molar-refractivity contribution in [1.82, 2.24) is 15.0 Å². The van der Waals surface area contributed by atoms with Crippen molar-refractivity contribution in [2.75, 3.05) is 0 Å². The summed E-state index contributed by atoms with van der Waals surface area (Å²) in [5, 5.41) is 5.18. The van der Waals surface area contributed by atoms with E-state index in [1.54, 1.807) is 0 Å². The van der Waals surface area contributed by atoms with Crippen LogP contribution in [0.25, 0.3) is 96.8 Å². The Balaban J connectivity index is 1.11. The summed E-state index contributed by atoms with van der Waals surface area (Å²) in [6, 6.07) is 57.8. The second kappa shape index (κ2) is 11.8. The Morgan fingerprint density at radius 3 is 1.64 bits per heavy atom. The van der Waals surface area contributed by atoms with Crippen LogP contribution >= 0.6 is 22.7 Å². The zero-order chi connectivity index (χ0) is 33.0. The van der Waals surface area contributed by atoms with Gasteiger partial charge in [0.1, 0.15) is 0 Å². The molecular formula is C45H27N3S2. The van der Waals surface area contributed by atoms with E-state index in [1.165, 1.54) is 57.0 Å². The highest BCUT2D eigenvalue weighted by Crippen LogP contribution is 2.45. The Labute approximate surface area is 296 Å². The zero-order valence-electron chi connectivity index (χ0n) is 26.7. The zero-order valence-corrected chi connectivity index (χ0v) is 28.4. The maximum Gasteiger partial charge on any atom is 0.164 e. The third-order valence-electron chi connectivity index (χ3n) is 9.37. The molecule has 0 fully saturated rings. The average Bonchev–Trinajstić information content (AvgIpc) is 3.77. The van der Waals surface area contributed by atoms with Crippen LogP contribution in [-0.4, -0.2) is 15.0 Å². The SMILES string of the molecule is c1ccc(-c2ccc(-c3nc(-c4ccccc4)nc(-c4ccc5c(c4)sc4cccc(-c6cccc7c6sc6ccccc67)c45)n3)cc2)cc1. The summed E-state index contributed by atoms with van der Waals surface area (Å²) in [6.45, 7) is 0. The predicted octanol–water partition coefficient (Wildman–Crippen LogP) is 12.9. The van der Waals surface area contributed by atoms with Gasteiger partial charge in [-0.2, -0.15) is 0 Å². The van der Waals surface area contributed by atoms with Crippen LogP contribution in [0.5, 0.6) is 0 Å². The topological polar surface area (TPSA) is 38.7 Å². The van der Waals surface area contributed by atoms with E-state index in [-0.39, 0.29) is 0 Å². The molecule has 234 valence electrons. The van der Waals surface area contributed by atoms with Gasteiger partial charge in [0.05, 0.1) is 0 Å². The van der Waals surface area contributed by atoms with Crippen molar-refractivity contribution in [1.29, 1.82) is 0 Å². The Hall–Kier alpha value is -6.01. The average molecular weight is 674 g/mol. The van der Waals surface area contributed by atoms with E-state index in [0.717, 1.165) is 22.3 Å². The van der Waals surface area contributed by atoms with E-state index in [1.807, 2.05) is 46.9 Å². The fourth-order valence-corrected chi connectivity index (χ4v) is 9.34. The van der Waals surface area contributed by atoms with Crippen molar-refractivity contribution in [3.8, 4) is 56.4 Å². The number of benzene rings is 7. The number of hydrogen-bond acceptors (Lipinski definition) is 5. The monoisotopic (exact) mass is 673 g/mol. The fraction of sp³-hybridized carbons (Fsp3) is 0. The van der Waals surface area contributed by atoms with E-state index in [0.29, 0.717) is 17.5 Å². The van der Waals surface area contributed by atoms with Gasteiger partial charge in [-0.15, -0.1) is 22.7 Å². The molecule has 0 bridgehead atoms. The van der Waals surface area contributed by atoms with E-state index in [9.17, 15) is 0 Å². The molecule has 0 aliphatic carbocycles. The summed E-state index contributed by atoms with van der Waals surface area (Å²) in [4.78, 5) is 15.1. The minimum Gasteiger partial charge on any atom is -0.208 e. The van der Waals surface area contributed by atoms with Gasteiger partial charge >= 0.3 is 0 Å². The lowest BCUT2D eigenvalue weighted by Gasteiger charge is -2.09. The molecule has 0 N–H and O–H groups in total. The minimum atomic E-state index is 0.656. The van der Waals surface area contributed by atoms with Gasteiger partial charge in [-0.1, -0.05) is 146 Å². The van der Waals surface area contributed by atoms with E-state index in [2.05, 4.69) is 140 Å². The highest BCUT2D eigenvalue weighted by molar-refractivity contribution is 7.26. The number of aromatic nitrogens is 3. The molecule has 0 saturated carbocycles. The number of thiophene rings is 2. The summed E-state index contributed by atoms with van der Waals surface area (Å²) in [5.41, 5.74) is 7.77. The number of fused-ring (bicyclic) bond motifs is 6. The Bertz CT molecular complexity index is 2850. The summed E-state index contributed by atoms with van der Waals surface area (Å²) < 4.78 is 5.14. The summed E-state index contributed by atoms with van der Waals surface area (Å²) >= 11 is 3.70. The molecule has 5 heteroatoms. The lowest BCUT2D eigenvalue weighted by atomic mass is 9.97.